The average Bonchev–Trinajstić information content (AvgIpc) is 3.30. The van der Waals surface area contributed by atoms with Crippen molar-refractivity contribution in [1.29, 1.82) is 0 Å². The fourth-order valence-corrected chi connectivity index (χ4v) is 2.79. The summed E-state index contributed by atoms with van der Waals surface area (Å²) in [6, 6.07) is 0.838. The van der Waals surface area contributed by atoms with Gasteiger partial charge in [0.25, 0.3) is 0 Å². The van der Waals surface area contributed by atoms with Crippen molar-refractivity contribution in [2.75, 3.05) is 26.2 Å². The molecule has 0 saturated heterocycles. The Balaban J connectivity index is 2.35. The van der Waals surface area contributed by atoms with Gasteiger partial charge in [0.15, 0.2) is 0 Å². The average molecular weight is 298 g/mol. The Kier molecular flexibility index (Phi) is 8.27. The van der Waals surface area contributed by atoms with E-state index in [-0.39, 0.29) is 5.97 Å². The van der Waals surface area contributed by atoms with Gasteiger partial charge in [0.2, 0.25) is 0 Å². The highest BCUT2D eigenvalue weighted by molar-refractivity contribution is 5.80. The van der Waals surface area contributed by atoms with Crippen LogP contribution in [0, 0.1) is 0 Å². The van der Waals surface area contributed by atoms with Gasteiger partial charge in [-0.2, -0.15) is 0 Å². The molecule has 0 amide bonds. The number of esters is 1. The van der Waals surface area contributed by atoms with Crippen LogP contribution in [0.5, 0.6) is 0 Å². The van der Waals surface area contributed by atoms with E-state index in [1.54, 1.807) is 0 Å². The zero-order chi connectivity index (χ0) is 15.7. The molecular formula is C17H34N2O2. The van der Waals surface area contributed by atoms with Crippen LogP contribution in [0.25, 0.3) is 0 Å². The molecule has 124 valence electrons. The van der Waals surface area contributed by atoms with Crippen LogP contribution < -0.4 is 5.32 Å². The molecule has 1 saturated carbocycles. The summed E-state index contributed by atoms with van der Waals surface area (Å²) in [5, 5.41) is 3.38. The zero-order valence-corrected chi connectivity index (χ0v) is 14.4. The highest BCUT2D eigenvalue weighted by atomic mass is 16.5. The van der Waals surface area contributed by atoms with Gasteiger partial charge in [-0.25, -0.2) is 0 Å². The van der Waals surface area contributed by atoms with Crippen molar-refractivity contribution < 1.29 is 9.53 Å². The summed E-state index contributed by atoms with van der Waals surface area (Å²) in [7, 11) is 0. The molecule has 1 aliphatic rings. The molecule has 0 aromatic heterocycles. The van der Waals surface area contributed by atoms with Crippen LogP contribution in [0.3, 0.4) is 0 Å². The van der Waals surface area contributed by atoms with Gasteiger partial charge in [0, 0.05) is 6.04 Å². The van der Waals surface area contributed by atoms with Crippen molar-refractivity contribution in [1.82, 2.24) is 10.2 Å². The monoisotopic (exact) mass is 298 g/mol. The third-order valence-corrected chi connectivity index (χ3v) is 4.33. The van der Waals surface area contributed by atoms with Gasteiger partial charge in [0.1, 0.15) is 5.54 Å². The fourth-order valence-electron chi connectivity index (χ4n) is 2.79. The Morgan fingerprint density at radius 3 is 2.52 bits per heavy atom. The number of rotatable bonds is 12. The molecule has 0 aromatic rings. The highest BCUT2D eigenvalue weighted by Crippen LogP contribution is 2.27. The van der Waals surface area contributed by atoms with E-state index < -0.39 is 5.54 Å². The van der Waals surface area contributed by atoms with E-state index >= 15 is 0 Å². The lowest BCUT2D eigenvalue weighted by Gasteiger charge is -2.29. The first kappa shape index (κ1) is 18.4. The molecule has 0 spiro atoms. The van der Waals surface area contributed by atoms with Gasteiger partial charge in [-0.3, -0.25) is 4.79 Å². The van der Waals surface area contributed by atoms with Crippen molar-refractivity contribution in [3.8, 4) is 0 Å². The first-order chi connectivity index (χ1) is 10.1. The molecule has 0 radical (unpaired) electrons. The smallest absolute Gasteiger partial charge is 0.326 e. The standard InChI is InChI=1S/C17H34N2O2/c1-5-13-18-17(4,16(20)21-7-3)12-8-9-14-19(6-2)15-10-11-15/h15,18H,5-14H2,1-4H3. The number of unbranched alkanes of at least 4 members (excludes halogenated alkanes) is 1. The van der Waals surface area contributed by atoms with Crippen LogP contribution in [0.4, 0.5) is 0 Å². The lowest BCUT2D eigenvalue weighted by Crippen LogP contribution is -2.50. The minimum atomic E-state index is -0.525. The molecule has 1 atom stereocenters. The van der Waals surface area contributed by atoms with Gasteiger partial charge < -0.3 is 15.0 Å². The van der Waals surface area contributed by atoms with Crippen LogP contribution in [-0.2, 0) is 9.53 Å². The van der Waals surface area contributed by atoms with Crippen LogP contribution in [-0.4, -0.2) is 48.7 Å². The topological polar surface area (TPSA) is 41.6 Å². The van der Waals surface area contributed by atoms with Crippen molar-refractivity contribution in [2.24, 2.45) is 0 Å². The molecule has 1 aliphatic carbocycles. The van der Waals surface area contributed by atoms with Gasteiger partial charge in [-0.1, -0.05) is 13.8 Å². The van der Waals surface area contributed by atoms with E-state index in [2.05, 4.69) is 24.1 Å². The maximum Gasteiger partial charge on any atom is 0.326 e. The summed E-state index contributed by atoms with van der Waals surface area (Å²) in [4.78, 5) is 14.7. The van der Waals surface area contributed by atoms with E-state index in [4.69, 9.17) is 4.74 Å². The van der Waals surface area contributed by atoms with E-state index in [1.807, 2.05) is 13.8 Å². The summed E-state index contributed by atoms with van der Waals surface area (Å²) in [5.41, 5.74) is -0.525. The molecule has 0 heterocycles. The lowest BCUT2D eigenvalue weighted by atomic mass is 9.94. The maximum atomic E-state index is 12.2. The first-order valence-corrected chi connectivity index (χ1v) is 8.73. The Morgan fingerprint density at radius 1 is 1.29 bits per heavy atom. The molecule has 1 unspecified atom stereocenters. The SMILES string of the molecule is CCCNC(C)(CCCCN(CC)C1CC1)C(=O)OCC. The molecule has 0 aromatic carbocycles. The number of ether oxygens (including phenoxy) is 1. The Labute approximate surface area is 130 Å². The second-order valence-corrected chi connectivity index (χ2v) is 6.30. The lowest BCUT2D eigenvalue weighted by molar-refractivity contribution is -0.150. The number of carbonyl (C=O) groups excluding carboxylic acids is 1. The Bertz CT molecular complexity index is 305. The van der Waals surface area contributed by atoms with E-state index in [0.29, 0.717) is 6.61 Å². The number of nitrogens with zero attached hydrogens (tertiary/aromatic N) is 1. The molecule has 0 aliphatic heterocycles. The molecular weight excluding hydrogens is 264 g/mol. The van der Waals surface area contributed by atoms with Crippen LogP contribution >= 0.6 is 0 Å². The van der Waals surface area contributed by atoms with Crippen molar-refractivity contribution in [2.45, 2.75) is 77.8 Å². The summed E-state index contributed by atoms with van der Waals surface area (Å²) in [6.07, 6.45) is 6.84. The number of hydrogen-bond donors (Lipinski definition) is 1. The summed E-state index contributed by atoms with van der Waals surface area (Å²) in [5.74, 6) is -0.104. The molecule has 1 rings (SSSR count). The molecule has 21 heavy (non-hydrogen) atoms. The predicted molar refractivity (Wildman–Crippen MR) is 87.5 cm³/mol. The fraction of sp³-hybridized carbons (Fsp3) is 0.941. The summed E-state index contributed by atoms with van der Waals surface area (Å²) < 4.78 is 5.24. The van der Waals surface area contributed by atoms with Gasteiger partial charge in [0.05, 0.1) is 6.61 Å². The van der Waals surface area contributed by atoms with Crippen LogP contribution in [0.15, 0.2) is 0 Å². The molecule has 4 heteroatoms. The number of hydrogen-bond acceptors (Lipinski definition) is 4. The van der Waals surface area contributed by atoms with Crippen LogP contribution in [0.2, 0.25) is 0 Å². The van der Waals surface area contributed by atoms with Crippen molar-refractivity contribution >= 4 is 5.97 Å². The Hall–Kier alpha value is -0.610. The summed E-state index contributed by atoms with van der Waals surface area (Å²) in [6.45, 7) is 11.8. The van der Waals surface area contributed by atoms with E-state index in [1.165, 1.54) is 12.8 Å². The van der Waals surface area contributed by atoms with E-state index in [0.717, 1.165) is 51.4 Å². The third-order valence-electron chi connectivity index (χ3n) is 4.33. The third kappa shape index (κ3) is 6.35. The normalized spacial score (nSPS) is 17.8. The Morgan fingerprint density at radius 2 is 2.00 bits per heavy atom. The second kappa shape index (κ2) is 9.42. The molecule has 4 nitrogen and oxygen atoms in total. The molecule has 1 fully saturated rings. The zero-order valence-electron chi connectivity index (χ0n) is 14.4. The van der Waals surface area contributed by atoms with Gasteiger partial charge >= 0.3 is 5.97 Å². The summed E-state index contributed by atoms with van der Waals surface area (Å²) >= 11 is 0. The minimum Gasteiger partial charge on any atom is -0.465 e. The van der Waals surface area contributed by atoms with Crippen LogP contribution in [0.1, 0.15) is 66.2 Å². The molecule has 0 bridgehead atoms. The number of carbonyl (C=O) groups is 1. The van der Waals surface area contributed by atoms with Crippen molar-refractivity contribution in [3.05, 3.63) is 0 Å². The first-order valence-electron chi connectivity index (χ1n) is 8.73. The highest BCUT2D eigenvalue weighted by Gasteiger charge is 2.33. The largest absolute Gasteiger partial charge is 0.465 e. The van der Waals surface area contributed by atoms with Gasteiger partial charge in [-0.05, 0) is 72.0 Å². The van der Waals surface area contributed by atoms with Gasteiger partial charge in [-0.15, -0.1) is 0 Å². The molecule has 1 N–H and O–H groups in total. The number of nitrogens with one attached hydrogen (secondary N) is 1. The van der Waals surface area contributed by atoms with E-state index in [9.17, 15) is 4.79 Å². The minimum absolute atomic E-state index is 0.104. The predicted octanol–water partition coefficient (Wildman–Crippen LogP) is 2.96. The van der Waals surface area contributed by atoms with Crippen molar-refractivity contribution in [3.63, 3.8) is 0 Å². The maximum absolute atomic E-state index is 12.2. The second-order valence-electron chi connectivity index (χ2n) is 6.30. The quantitative estimate of drug-likeness (QED) is 0.444.